The van der Waals surface area contributed by atoms with Crippen molar-refractivity contribution in [3.63, 3.8) is 0 Å². The average Bonchev–Trinajstić information content (AvgIpc) is 3.05. The Hall–Kier alpha value is -3.09. The maximum atomic E-state index is 10.8. The molecule has 4 rings (SSSR count). The minimum Gasteiger partial charge on any atom is -0.449 e. The van der Waals surface area contributed by atoms with Crippen LogP contribution in [0.3, 0.4) is 0 Å². The number of fused-ring (bicyclic) bond motifs is 5. The molecule has 0 spiro atoms. The third kappa shape index (κ3) is 1.71. The van der Waals surface area contributed by atoms with Crippen LogP contribution >= 0.6 is 0 Å². The maximum Gasteiger partial charge on any atom is 0.512 e. The zero-order chi connectivity index (χ0) is 14.4. The Morgan fingerprint density at radius 2 is 2.14 bits per heavy atom. The Kier molecular flexibility index (Phi) is 2.34. The average molecular weight is 282 g/mol. The van der Waals surface area contributed by atoms with Crippen molar-refractivity contribution in [2.45, 2.75) is 6.54 Å². The van der Waals surface area contributed by atoms with E-state index in [1.165, 1.54) is 0 Å². The highest BCUT2D eigenvalue weighted by atomic mass is 16.7. The zero-order valence-corrected chi connectivity index (χ0v) is 10.8. The third-order valence-corrected chi connectivity index (χ3v) is 3.47. The fourth-order valence-electron chi connectivity index (χ4n) is 2.61. The summed E-state index contributed by atoms with van der Waals surface area (Å²) >= 11 is 0. The molecule has 2 aromatic heterocycles. The molecule has 1 aromatic carbocycles. The molecule has 1 N–H and O–H groups in total. The van der Waals surface area contributed by atoms with Gasteiger partial charge in [0.05, 0.1) is 17.9 Å². The van der Waals surface area contributed by atoms with Gasteiger partial charge >= 0.3 is 6.16 Å². The number of carbonyl (C=O) groups is 1. The van der Waals surface area contributed by atoms with Crippen molar-refractivity contribution in [1.82, 2.24) is 19.3 Å². The summed E-state index contributed by atoms with van der Waals surface area (Å²) < 4.78 is 8.39. The molecule has 1 aliphatic rings. The molecule has 0 unspecified atom stereocenters. The monoisotopic (exact) mass is 282 g/mol. The van der Waals surface area contributed by atoms with E-state index in [9.17, 15) is 4.79 Å². The first-order chi connectivity index (χ1) is 10.2. The highest BCUT2D eigenvalue weighted by Crippen LogP contribution is 2.33. The normalized spacial score (nSPS) is 12.0. The van der Waals surface area contributed by atoms with Gasteiger partial charge in [-0.2, -0.15) is 5.10 Å². The van der Waals surface area contributed by atoms with Crippen LogP contribution in [0.5, 0.6) is 5.88 Å². The van der Waals surface area contributed by atoms with Gasteiger partial charge in [0.2, 0.25) is 5.88 Å². The van der Waals surface area contributed by atoms with Crippen molar-refractivity contribution in [3.05, 3.63) is 48.5 Å². The Morgan fingerprint density at radius 3 is 3.00 bits per heavy atom. The van der Waals surface area contributed by atoms with Crippen LogP contribution in [-0.4, -0.2) is 30.6 Å². The van der Waals surface area contributed by atoms with E-state index in [1.54, 1.807) is 17.2 Å². The predicted octanol–water partition coefficient (Wildman–Crippen LogP) is 2.15. The summed E-state index contributed by atoms with van der Waals surface area (Å²) in [6, 6.07) is 9.75. The number of benzene rings is 1. The quantitative estimate of drug-likeness (QED) is 0.541. The molecule has 0 saturated heterocycles. The van der Waals surface area contributed by atoms with Crippen LogP contribution in [0.2, 0.25) is 0 Å². The molecule has 3 aromatic rings. The van der Waals surface area contributed by atoms with E-state index in [0.717, 1.165) is 16.9 Å². The van der Waals surface area contributed by atoms with Gasteiger partial charge in [0.1, 0.15) is 12.0 Å². The first kappa shape index (κ1) is 11.7. The lowest BCUT2D eigenvalue weighted by Crippen LogP contribution is -2.09. The summed E-state index contributed by atoms with van der Waals surface area (Å²) in [5.74, 6) is 0.0839. The number of rotatable bonds is 1. The summed E-state index contributed by atoms with van der Waals surface area (Å²) in [6.45, 7) is 0.389. The number of carboxylic acid groups (broad SMARTS) is 1. The van der Waals surface area contributed by atoms with Crippen molar-refractivity contribution in [3.8, 4) is 22.8 Å². The minimum absolute atomic E-state index is 0.0839. The van der Waals surface area contributed by atoms with Crippen LogP contribution < -0.4 is 4.74 Å². The van der Waals surface area contributed by atoms with Crippen molar-refractivity contribution < 1.29 is 14.6 Å². The number of nitrogens with zero attached hydrogens (tertiary/aromatic N) is 4. The topological polar surface area (TPSA) is 82.2 Å². The smallest absolute Gasteiger partial charge is 0.449 e. The largest absolute Gasteiger partial charge is 0.512 e. The molecule has 1 aliphatic heterocycles. The van der Waals surface area contributed by atoms with Gasteiger partial charge in [-0.15, -0.1) is 0 Å². The first-order valence-electron chi connectivity index (χ1n) is 6.32. The van der Waals surface area contributed by atoms with Gasteiger partial charge in [-0.3, -0.25) is 9.25 Å². The molecule has 7 heteroatoms. The number of aromatic nitrogens is 4. The van der Waals surface area contributed by atoms with E-state index in [1.807, 2.05) is 34.9 Å². The number of imidazole rings is 1. The van der Waals surface area contributed by atoms with Gasteiger partial charge in [0.15, 0.2) is 0 Å². The molecule has 0 bridgehead atoms. The van der Waals surface area contributed by atoms with E-state index < -0.39 is 6.16 Å². The highest BCUT2D eigenvalue weighted by Gasteiger charge is 2.24. The molecule has 0 amide bonds. The van der Waals surface area contributed by atoms with Gasteiger partial charge in [-0.1, -0.05) is 18.2 Å². The second-order valence-corrected chi connectivity index (χ2v) is 4.63. The maximum absolute atomic E-state index is 10.8. The van der Waals surface area contributed by atoms with E-state index in [2.05, 4.69) is 10.1 Å². The lowest BCUT2D eigenvalue weighted by Gasteiger charge is -2.07. The Morgan fingerprint density at radius 1 is 1.29 bits per heavy atom. The summed E-state index contributed by atoms with van der Waals surface area (Å²) in [5.41, 5.74) is 3.54. The third-order valence-electron chi connectivity index (χ3n) is 3.47. The Balaban J connectivity index is 1.99. The number of para-hydroxylation sites is 1. The standard InChI is InChI=1S/C14H10N4O3/c19-14(20)21-13-12-7-18-11(5-6-16-18)9-3-1-2-4-10(9)17(12)8-15-13/h1-6,8H,7H2,(H,19,20). The van der Waals surface area contributed by atoms with Gasteiger partial charge in [0, 0.05) is 11.8 Å². The van der Waals surface area contributed by atoms with E-state index in [0.29, 0.717) is 12.2 Å². The molecule has 104 valence electrons. The van der Waals surface area contributed by atoms with Gasteiger partial charge < -0.3 is 9.84 Å². The molecule has 21 heavy (non-hydrogen) atoms. The Labute approximate surface area is 119 Å². The minimum atomic E-state index is -1.38. The summed E-state index contributed by atoms with van der Waals surface area (Å²) in [5, 5.41) is 13.1. The summed E-state index contributed by atoms with van der Waals surface area (Å²) in [6.07, 6.45) is 1.91. The van der Waals surface area contributed by atoms with Crippen LogP contribution in [0.15, 0.2) is 42.9 Å². The molecule has 0 fully saturated rings. The first-order valence-corrected chi connectivity index (χ1v) is 6.32. The lowest BCUT2D eigenvalue weighted by atomic mass is 10.1. The van der Waals surface area contributed by atoms with E-state index in [-0.39, 0.29) is 5.88 Å². The van der Waals surface area contributed by atoms with Crippen LogP contribution in [0.1, 0.15) is 5.69 Å². The molecular formula is C14H10N4O3. The molecule has 0 atom stereocenters. The van der Waals surface area contributed by atoms with Crippen molar-refractivity contribution in [2.75, 3.05) is 0 Å². The molecule has 7 nitrogen and oxygen atoms in total. The van der Waals surface area contributed by atoms with Crippen molar-refractivity contribution in [2.24, 2.45) is 0 Å². The predicted molar refractivity (Wildman–Crippen MR) is 72.5 cm³/mol. The van der Waals surface area contributed by atoms with Crippen LogP contribution in [0.4, 0.5) is 4.79 Å². The molecule has 0 aliphatic carbocycles. The number of hydrogen-bond acceptors (Lipinski definition) is 4. The lowest BCUT2D eigenvalue weighted by molar-refractivity contribution is 0.142. The Bertz CT molecular complexity index is 850. The fraction of sp³-hybridized carbons (Fsp3) is 0.0714. The second-order valence-electron chi connectivity index (χ2n) is 4.63. The van der Waals surface area contributed by atoms with Crippen LogP contribution in [0.25, 0.3) is 16.9 Å². The van der Waals surface area contributed by atoms with Crippen LogP contribution in [-0.2, 0) is 6.54 Å². The second kappa shape index (κ2) is 4.20. The molecule has 3 heterocycles. The van der Waals surface area contributed by atoms with Gasteiger partial charge in [-0.25, -0.2) is 9.78 Å². The molecular weight excluding hydrogens is 272 g/mol. The number of hydrogen-bond donors (Lipinski definition) is 1. The van der Waals surface area contributed by atoms with E-state index >= 15 is 0 Å². The van der Waals surface area contributed by atoms with Crippen LogP contribution in [0, 0.1) is 0 Å². The molecule has 0 radical (unpaired) electrons. The van der Waals surface area contributed by atoms with Gasteiger partial charge in [-0.05, 0) is 12.1 Å². The van der Waals surface area contributed by atoms with E-state index in [4.69, 9.17) is 9.84 Å². The summed E-state index contributed by atoms with van der Waals surface area (Å²) in [7, 11) is 0. The summed E-state index contributed by atoms with van der Waals surface area (Å²) in [4.78, 5) is 14.8. The van der Waals surface area contributed by atoms with Crippen molar-refractivity contribution >= 4 is 6.16 Å². The fourth-order valence-corrected chi connectivity index (χ4v) is 2.61. The van der Waals surface area contributed by atoms with Gasteiger partial charge in [0.25, 0.3) is 0 Å². The van der Waals surface area contributed by atoms with Crippen molar-refractivity contribution in [1.29, 1.82) is 0 Å². The number of ether oxygens (including phenoxy) is 1. The molecule has 0 saturated carbocycles. The SMILES string of the molecule is O=C(O)Oc1ncn2c1Cn1nccc1-c1ccccc1-2. The zero-order valence-electron chi connectivity index (χ0n) is 10.8. The highest BCUT2D eigenvalue weighted by molar-refractivity contribution is 5.72.